The molecule has 0 radical (unpaired) electrons. The maximum atomic E-state index is 12.4. The Bertz CT molecular complexity index is 945. The predicted octanol–water partition coefficient (Wildman–Crippen LogP) is 3.27. The van der Waals surface area contributed by atoms with Gasteiger partial charge in [-0.2, -0.15) is 0 Å². The second-order valence-electron chi connectivity index (χ2n) is 6.86. The second kappa shape index (κ2) is 7.72. The van der Waals surface area contributed by atoms with Crippen LogP contribution in [-0.4, -0.2) is 42.1 Å². The Morgan fingerprint density at radius 3 is 2.25 bits per heavy atom. The molecule has 4 rings (SSSR count). The van der Waals surface area contributed by atoms with Gasteiger partial charge in [0, 0.05) is 31.9 Å². The number of hydrogen-bond donors (Lipinski definition) is 1. The first-order chi connectivity index (χ1) is 13.6. The quantitative estimate of drug-likeness (QED) is 0.752. The highest BCUT2D eigenvalue weighted by atomic mass is 16.3. The van der Waals surface area contributed by atoms with Gasteiger partial charge in [-0.25, -0.2) is 9.97 Å². The zero-order chi connectivity index (χ0) is 19.5. The summed E-state index contributed by atoms with van der Waals surface area (Å²) < 4.78 is 5.41. The normalized spacial score (nSPS) is 14.2. The van der Waals surface area contributed by atoms with Crippen LogP contribution in [0, 0.1) is 13.8 Å². The van der Waals surface area contributed by atoms with Gasteiger partial charge in [0.15, 0.2) is 0 Å². The molecule has 28 heavy (non-hydrogen) atoms. The number of furan rings is 1. The van der Waals surface area contributed by atoms with Crippen molar-refractivity contribution in [2.45, 2.75) is 13.8 Å². The van der Waals surface area contributed by atoms with E-state index in [1.54, 1.807) is 25.4 Å². The maximum absolute atomic E-state index is 12.4. The van der Waals surface area contributed by atoms with Gasteiger partial charge in [0.1, 0.15) is 11.5 Å². The van der Waals surface area contributed by atoms with Gasteiger partial charge < -0.3 is 19.5 Å². The second-order valence-corrected chi connectivity index (χ2v) is 6.86. The van der Waals surface area contributed by atoms with Gasteiger partial charge in [-0.1, -0.05) is 18.2 Å². The van der Waals surface area contributed by atoms with E-state index >= 15 is 0 Å². The van der Waals surface area contributed by atoms with E-state index in [0.717, 1.165) is 26.2 Å². The number of hydrogen-bond acceptors (Lipinski definition) is 6. The van der Waals surface area contributed by atoms with Crippen molar-refractivity contribution in [3.05, 3.63) is 65.9 Å². The van der Waals surface area contributed by atoms with Crippen molar-refractivity contribution < 1.29 is 9.21 Å². The number of rotatable bonds is 4. The minimum absolute atomic E-state index is 0.220. The summed E-state index contributed by atoms with van der Waals surface area (Å²) in [4.78, 5) is 25.8. The first-order valence-electron chi connectivity index (χ1n) is 9.35. The number of nitrogens with one attached hydrogen (secondary N) is 1. The number of aryl methyl sites for hydroxylation is 2. The van der Waals surface area contributed by atoms with Crippen LogP contribution in [0.3, 0.4) is 0 Å². The summed E-state index contributed by atoms with van der Waals surface area (Å²) in [6, 6.07) is 12.1. The van der Waals surface area contributed by atoms with Crippen molar-refractivity contribution in [1.82, 2.24) is 9.97 Å². The van der Waals surface area contributed by atoms with Crippen LogP contribution in [0.25, 0.3) is 0 Å². The first-order valence-corrected chi connectivity index (χ1v) is 9.35. The van der Waals surface area contributed by atoms with Crippen LogP contribution in [0.5, 0.6) is 0 Å². The number of carbonyl (C=O) groups excluding carboxylic acids is 1. The van der Waals surface area contributed by atoms with E-state index in [-0.39, 0.29) is 5.91 Å². The zero-order valence-corrected chi connectivity index (χ0v) is 16.1. The van der Waals surface area contributed by atoms with E-state index < -0.39 is 0 Å². The molecule has 1 aliphatic rings. The zero-order valence-electron chi connectivity index (χ0n) is 16.1. The first kappa shape index (κ1) is 18.0. The highest BCUT2D eigenvalue weighted by Crippen LogP contribution is 2.19. The van der Waals surface area contributed by atoms with E-state index in [4.69, 9.17) is 4.42 Å². The Kier molecular flexibility index (Phi) is 4.97. The van der Waals surface area contributed by atoms with Crippen molar-refractivity contribution in [2.24, 2.45) is 0 Å². The molecule has 144 valence electrons. The molecule has 0 bridgehead atoms. The van der Waals surface area contributed by atoms with Crippen LogP contribution in [-0.2, 0) is 0 Å². The lowest BCUT2D eigenvalue weighted by molar-refractivity contribution is 0.102. The highest BCUT2D eigenvalue weighted by Gasteiger charge is 2.19. The smallest absolute Gasteiger partial charge is 0.259 e. The van der Waals surface area contributed by atoms with Crippen molar-refractivity contribution in [2.75, 3.05) is 41.3 Å². The summed E-state index contributed by atoms with van der Waals surface area (Å²) in [5.41, 5.74) is 2.33. The molecule has 0 aliphatic carbocycles. The van der Waals surface area contributed by atoms with Crippen molar-refractivity contribution in [3.8, 4) is 0 Å². The maximum Gasteiger partial charge on any atom is 0.259 e. The molecule has 1 aliphatic heterocycles. The van der Waals surface area contributed by atoms with E-state index in [1.165, 1.54) is 5.69 Å². The van der Waals surface area contributed by atoms with Gasteiger partial charge in [-0.3, -0.25) is 4.79 Å². The fraction of sp³-hybridized carbons (Fsp3) is 0.286. The molecule has 1 amide bonds. The molecule has 0 unspecified atom stereocenters. The van der Waals surface area contributed by atoms with Crippen LogP contribution < -0.4 is 15.1 Å². The topological polar surface area (TPSA) is 74.5 Å². The summed E-state index contributed by atoms with van der Waals surface area (Å²) in [7, 11) is 0. The minimum Gasteiger partial charge on any atom is -0.466 e. The lowest BCUT2D eigenvalue weighted by atomic mass is 10.2. The third-order valence-electron chi connectivity index (χ3n) is 4.87. The Balaban J connectivity index is 1.36. The third-order valence-corrected chi connectivity index (χ3v) is 4.87. The molecule has 0 spiro atoms. The van der Waals surface area contributed by atoms with E-state index in [2.05, 4.69) is 49.4 Å². The molecule has 1 aromatic carbocycles. The van der Waals surface area contributed by atoms with Crippen molar-refractivity contribution in [3.63, 3.8) is 0 Å². The van der Waals surface area contributed by atoms with Crippen LogP contribution in [0.4, 0.5) is 17.3 Å². The molecular formula is C21H23N5O2. The van der Waals surface area contributed by atoms with Crippen LogP contribution in [0.2, 0.25) is 0 Å². The highest BCUT2D eigenvalue weighted by molar-refractivity contribution is 6.04. The average Bonchev–Trinajstić information content (AvgIpc) is 3.07. The molecule has 1 fully saturated rings. The molecule has 0 atom stereocenters. The molecule has 7 heteroatoms. The van der Waals surface area contributed by atoms with Gasteiger partial charge in [0.2, 0.25) is 5.95 Å². The molecular weight excluding hydrogens is 354 g/mol. The summed E-state index contributed by atoms with van der Waals surface area (Å²) in [5.74, 6) is 1.77. The number of aromatic nitrogens is 2. The number of piperazine rings is 1. The molecule has 0 saturated carbocycles. The van der Waals surface area contributed by atoms with Gasteiger partial charge in [-0.15, -0.1) is 0 Å². The number of anilines is 3. The fourth-order valence-corrected chi connectivity index (χ4v) is 3.41. The number of carbonyl (C=O) groups is 1. The number of benzene rings is 1. The summed E-state index contributed by atoms with van der Waals surface area (Å²) in [6.45, 7) is 7.15. The Morgan fingerprint density at radius 2 is 1.64 bits per heavy atom. The lowest BCUT2D eigenvalue weighted by Gasteiger charge is -2.36. The van der Waals surface area contributed by atoms with Crippen molar-refractivity contribution >= 4 is 23.2 Å². The SMILES string of the molecule is Cc1cc(C(=O)Nc2cnc(N3CCN(c4ccccc4)CC3)nc2)c(C)o1. The number of para-hydroxylation sites is 1. The Hall–Kier alpha value is -3.35. The molecule has 2 aromatic heterocycles. The molecule has 1 N–H and O–H groups in total. The molecule has 7 nitrogen and oxygen atoms in total. The average molecular weight is 377 g/mol. The van der Waals surface area contributed by atoms with Gasteiger partial charge >= 0.3 is 0 Å². The number of amides is 1. The van der Waals surface area contributed by atoms with Gasteiger partial charge in [0.25, 0.3) is 5.91 Å². The third kappa shape index (κ3) is 3.83. The van der Waals surface area contributed by atoms with E-state index in [9.17, 15) is 4.79 Å². The Morgan fingerprint density at radius 1 is 1.00 bits per heavy atom. The van der Waals surface area contributed by atoms with Crippen LogP contribution in [0.1, 0.15) is 21.9 Å². The van der Waals surface area contributed by atoms with Gasteiger partial charge in [-0.05, 0) is 32.0 Å². The van der Waals surface area contributed by atoms with Crippen LogP contribution in [0.15, 0.2) is 53.2 Å². The minimum atomic E-state index is -0.220. The molecule has 1 saturated heterocycles. The monoisotopic (exact) mass is 377 g/mol. The largest absolute Gasteiger partial charge is 0.466 e. The summed E-state index contributed by atoms with van der Waals surface area (Å²) >= 11 is 0. The predicted molar refractivity (Wildman–Crippen MR) is 109 cm³/mol. The summed E-state index contributed by atoms with van der Waals surface area (Å²) in [6.07, 6.45) is 3.29. The lowest BCUT2D eigenvalue weighted by Crippen LogP contribution is -2.47. The van der Waals surface area contributed by atoms with Crippen molar-refractivity contribution in [1.29, 1.82) is 0 Å². The molecule has 3 heterocycles. The molecule has 3 aromatic rings. The van der Waals surface area contributed by atoms with Crippen LogP contribution >= 0.6 is 0 Å². The summed E-state index contributed by atoms with van der Waals surface area (Å²) in [5, 5.41) is 2.82. The fourth-order valence-electron chi connectivity index (χ4n) is 3.41. The standard InChI is InChI=1S/C21H23N5O2/c1-15-12-19(16(2)28-15)20(27)24-17-13-22-21(23-14-17)26-10-8-25(9-11-26)18-6-4-3-5-7-18/h3-7,12-14H,8-11H2,1-2H3,(H,24,27). The number of nitrogens with zero attached hydrogens (tertiary/aromatic N) is 4. The van der Waals surface area contributed by atoms with E-state index in [1.807, 2.05) is 13.0 Å². The Labute approximate surface area is 164 Å². The van der Waals surface area contributed by atoms with Gasteiger partial charge in [0.05, 0.1) is 23.6 Å². The van der Waals surface area contributed by atoms with E-state index in [0.29, 0.717) is 28.7 Å².